The van der Waals surface area contributed by atoms with Gasteiger partial charge in [0.15, 0.2) is 18.1 Å². The minimum absolute atomic E-state index is 0.0783. The van der Waals surface area contributed by atoms with Crippen LogP contribution in [-0.2, 0) is 11.3 Å². The van der Waals surface area contributed by atoms with Gasteiger partial charge in [-0.1, -0.05) is 56.5 Å². The van der Waals surface area contributed by atoms with Gasteiger partial charge in [0, 0.05) is 17.8 Å². The second-order valence-corrected chi connectivity index (χ2v) is 8.73. The number of hydrogen-bond donors (Lipinski definition) is 2. The van der Waals surface area contributed by atoms with Crippen molar-refractivity contribution in [3.05, 3.63) is 53.6 Å². The van der Waals surface area contributed by atoms with Crippen molar-refractivity contribution < 1.29 is 14.3 Å². The highest BCUT2D eigenvalue weighted by Crippen LogP contribution is 2.31. The van der Waals surface area contributed by atoms with Gasteiger partial charge >= 0.3 is 0 Å². The fraction of sp³-hybridized carbons (Fsp3) is 0.536. The van der Waals surface area contributed by atoms with Crippen LogP contribution in [0.4, 0.5) is 5.69 Å². The standard InChI is InChI=1S/C28H43N3O3/c1-5-7-18-31(19-8-6-2)20-10-17-29-21-24-11-9-12-26(33-4)28(24)34-22-27(32)30-25-15-13-23(3)14-16-25/h9,11-16,29H,5-8,10,17-22H2,1-4H3,(H,30,32). The van der Waals surface area contributed by atoms with Crippen LogP contribution in [0.3, 0.4) is 0 Å². The van der Waals surface area contributed by atoms with Crippen LogP contribution < -0.4 is 20.1 Å². The van der Waals surface area contributed by atoms with Crippen molar-refractivity contribution in [1.82, 2.24) is 10.2 Å². The number of amides is 1. The smallest absolute Gasteiger partial charge is 0.262 e. The van der Waals surface area contributed by atoms with E-state index < -0.39 is 0 Å². The SMILES string of the molecule is CCCCN(CCCC)CCCNCc1cccc(OC)c1OCC(=O)Nc1ccc(C)cc1. The van der Waals surface area contributed by atoms with Gasteiger partial charge in [0.05, 0.1) is 7.11 Å². The highest BCUT2D eigenvalue weighted by molar-refractivity contribution is 5.91. The Kier molecular flexibility index (Phi) is 13.1. The molecule has 0 aliphatic rings. The minimum Gasteiger partial charge on any atom is -0.493 e. The van der Waals surface area contributed by atoms with Gasteiger partial charge in [-0.05, 0) is 70.6 Å². The fourth-order valence-electron chi connectivity index (χ4n) is 3.75. The summed E-state index contributed by atoms with van der Waals surface area (Å²) in [7, 11) is 1.62. The largest absolute Gasteiger partial charge is 0.493 e. The molecule has 2 aromatic rings. The molecule has 188 valence electrons. The summed E-state index contributed by atoms with van der Waals surface area (Å²) in [5.74, 6) is 1.05. The maximum absolute atomic E-state index is 12.4. The third-order valence-corrected chi connectivity index (χ3v) is 5.76. The summed E-state index contributed by atoms with van der Waals surface area (Å²) in [4.78, 5) is 15.0. The molecule has 0 aliphatic heterocycles. The van der Waals surface area contributed by atoms with Gasteiger partial charge in [0.2, 0.25) is 0 Å². The normalized spacial score (nSPS) is 11.0. The van der Waals surface area contributed by atoms with E-state index in [-0.39, 0.29) is 12.5 Å². The van der Waals surface area contributed by atoms with Gasteiger partial charge in [-0.2, -0.15) is 0 Å². The second kappa shape index (κ2) is 16.1. The first-order valence-electron chi connectivity index (χ1n) is 12.7. The van der Waals surface area contributed by atoms with E-state index in [1.165, 1.54) is 38.8 Å². The number of rotatable bonds is 17. The Morgan fingerprint density at radius 2 is 1.62 bits per heavy atom. The number of carbonyl (C=O) groups excluding carboxylic acids is 1. The summed E-state index contributed by atoms with van der Waals surface area (Å²) in [5, 5.41) is 6.40. The summed E-state index contributed by atoms with van der Waals surface area (Å²) >= 11 is 0. The molecule has 6 heteroatoms. The summed E-state index contributed by atoms with van der Waals surface area (Å²) in [5.41, 5.74) is 2.89. The van der Waals surface area contributed by atoms with E-state index in [9.17, 15) is 4.79 Å². The highest BCUT2D eigenvalue weighted by Gasteiger charge is 2.13. The zero-order chi connectivity index (χ0) is 24.6. The van der Waals surface area contributed by atoms with Crippen molar-refractivity contribution in [2.24, 2.45) is 0 Å². The molecule has 34 heavy (non-hydrogen) atoms. The average molecular weight is 470 g/mol. The first-order chi connectivity index (χ1) is 16.6. The molecule has 0 fully saturated rings. The van der Waals surface area contributed by atoms with Crippen molar-refractivity contribution in [3.8, 4) is 11.5 Å². The number of methoxy groups -OCH3 is 1. The number of unbranched alkanes of at least 4 members (excludes halogenated alkanes) is 2. The Hall–Kier alpha value is -2.57. The first kappa shape index (κ1) is 27.7. The molecule has 0 saturated carbocycles. The molecule has 2 aromatic carbocycles. The number of nitrogens with zero attached hydrogens (tertiary/aromatic N) is 1. The quantitative estimate of drug-likeness (QED) is 0.304. The van der Waals surface area contributed by atoms with E-state index in [0.29, 0.717) is 18.0 Å². The van der Waals surface area contributed by atoms with Crippen LogP contribution in [0.15, 0.2) is 42.5 Å². The number of nitrogens with one attached hydrogen (secondary N) is 2. The lowest BCUT2D eigenvalue weighted by Gasteiger charge is -2.22. The zero-order valence-corrected chi connectivity index (χ0v) is 21.5. The Morgan fingerprint density at radius 3 is 2.26 bits per heavy atom. The molecule has 0 unspecified atom stereocenters. The predicted octanol–water partition coefficient (Wildman–Crippen LogP) is 5.40. The maximum Gasteiger partial charge on any atom is 0.262 e. The molecule has 1 amide bonds. The predicted molar refractivity (Wildman–Crippen MR) is 141 cm³/mol. The fourth-order valence-corrected chi connectivity index (χ4v) is 3.75. The Balaban J connectivity index is 1.84. The number of benzene rings is 2. The molecule has 2 N–H and O–H groups in total. The van der Waals surface area contributed by atoms with E-state index in [1.807, 2.05) is 49.4 Å². The zero-order valence-electron chi connectivity index (χ0n) is 21.5. The van der Waals surface area contributed by atoms with E-state index in [0.717, 1.165) is 36.3 Å². The van der Waals surface area contributed by atoms with E-state index in [4.69, 9.17) is 9.47 Å². The maximum atomic E-state index is 12.4. The molecule has 0 atom stereocenters. The summed E-state index contributed by atoms with van der Waals surface area (Å²) in [6, 6.07) is 13.5. The number of ether oxygens (including phenoxy) is 2. The number of carbonyl (C=O) groups is 1. The van der Waals surface area contributed by atoms with Gasteiger partial charge in [0.25, 0.3) is 5.91 Å². The molecular formula is C28H43N3O3. The van der Waals surface area contributed by atoms with E-state index in [1.54, 1.807) is 7.11 Å². The number of para-hydroxylation sites is 1. The Bertz CT molecular complexity index is 831. The molecular weight excluding hydrogens is 426 g/mol. The van der Waals surface area contributed by atoms with Gasteiger partial charge in [-0.15, -0.1) is 0 Å². The van der Waals surface area contributed by atoms with Crippen LogP contribution >= 0.6 is 0 Å². The van der Waals surface area contributed by atoms with E-state index >= 15 is 0 Å². The minimum atomic E-state index is -0.201. The lowest BCUT2D eigenvalue weighted by molar-refractivity contribution is -0.118. The van der Waals surface area contributed by atoms with Crippen LogP contribution in [0.5, 0.6) is 11.5 Å². The first-order valence-corrected chi connectivity index (χ1v) is 12.7. The molecule has 0 radical (unpaired) electrons. The lowest BCUT2D eigenvalue weighted by Crippen LogP contribution is -2.29. The van der Waals surface area contributed by atoms with Crippen molar-refractivity contribution in [3.63, 3.8) is 0 Å². The molecule has 0 aromatic heterocycles. The second-order valence-electron chi connectivity index (χ2n) is 8.73. The monoisotopic (exact) mass is 469 g/mol. The van der Waals surface area contributed by atoms with Gasteiger partial charge < -0.3 is 25.0 Å². The lowest BCUT2D eigenvalue weighted by atomic mass is 10.1. The van der Waals surface area contributed by atoms with Crippen LogP contribution in [0.1, 0.15) is 57.1 Å². The van der Waals surface area contributed by atoms with Crippen LogP contribution in [0.2, 0.25) is 0 Å². The van der Waals surface area contributed by atoms with Gasteiger partial charge in [-0.3, -0.25) is 4.79 Å². The molecule has 0 aliphatic carbocycles. The summed E-state index contributed by atoms with van der Waals surface area (Å²) < 4.78 is 11.4. The molecule has 2 rings (SSSR count). The van der Waals surface area contributed by atoms with Gasteiger partial charge in [0.1, 0.15) is 0 Å². The highest BCUT2D eigenvalue weighted by atomic mass is 16.5. The molecule has 0 saturated heterocycles. The summed E-state index contributed by atoms with van der Waals surface area (Å²) in [6.07, 6.45) is 6.11. The van der Waals surface area contributed by atoms with Gasteiger partial charge in [-0.25, -0.2) is 0 Å². The van der Waals surface area contributed by atoms with E-state index in [2.05, 4.69) is 29.4 Å². The summed E-state index contributed by atoms with van der Waals surface area (Å²) in [6.45, 7) is 11.5. The molecule has 0 heterocycles. The molecule has 0 spiro atoms. The van der Waals surface area contributed by atoms with Crippen molar-refractivity contribution in [1.29, 1.82) is 0 Å². The number of aryl methyl sites for hydroxylation is 1. The van der Waals surface area contributed by atoms with Crippen LogP contribution in [0.25, 0.3) is 0 Å². The Morgan fingerprint density at radius 1 is 0.941 bits per heavy atom. The van der Waals surface area contributed by atoms with Crippen LogP contribution in [-0.4, -0.2) is 50.7 Å². The van der Waals surface area contributed by atoms with Crippen LogP contribution in [0, 0.1) is 6.92 Å². The average Bonchev–Trinajstić information content (AvgIpc) is 2.85. The molecule has 6 nitrogen and oxygen atoms in total. The Labute approximate surface area is 206 Å². The third-order valence-electron chi connectivity index (χ3n) is 5.76. The topological polar surface area (TPSA) is 62.8 Å². The van der Waals surface area contributed by atoms with Crippen molar-refractivity contribution in [2.75, 3.05) is 45.2 Å². The van der Waals surface area contributed by atoms with Crippen molar-refractivity contribution in [2.45, 2.75) is 59.4 Å². The van der Waals surface area contributed by atoms with Crippen molar-refractivity contribution >= 4 is 11.6 Å². The number of anilines is 1. The third kappa shape index (κ3) is 10.1. The molecule has 0 bridgehead atoms. The number of hydrogen-bond acceptors (Lipinski definition) is 5.